The summed E-state index contributed by atoms with van der Waals surface area (Å²) < 4.78 is 28.3. The van der Waals surface area contributed by atoms with E-state index in [9.17, 15) is 13.2 Å². The molecular formula is C15H27NO4S. The maximum absolute atomic E-state index is 12.5. The molecule has 0 radical (unpaired) electrons. The van der Waals surface area contributed by atoms with Gasteiger partial charge in [-0.05, 0) is 18.8 Å². The molecule has 0 N–H and O–H groups in total. The summed E-state index contributed by atoms with van der Waals surface area (Å²) in [6.07, 6.45) is 7.11. The summed E-state index contributed by atoms with van der Waals surface area (Å²) in [5.74, 6) is 1.11. The van der Waals surface area contributed by atoms with Crippen molar-refractivity contribution in [1.82, 2.24) is 4.90 Å². The molecule has 1 amide bonds. The van der Waals surface area contributed by atoms with Crippen LogP contribution in [0.4, 0.5) is 0 Å². The zero-order valence-corrected chi connectivity index (χ0v) is 13.7. The zero-order valence-electron chi connectivity index (χ0n) is 12.9. The van der Waals surface area contributed by atoms with E-state index in [0.29, 0.717) is 31.9 Å². The fourth-order valence-corrected chi connectivity index (χ4v) is 5.22. The van der Waals surface area contributed by atoms with Crippen LogP contribution in [0.3, 0.4) is 0 Å². The van der Waals surface area contributed by atoms with Crippen molar-refractivity contribution in [2.24, 2.45) is 5.92 Å². The Hall–Kier alpha value is -0.620. The highest BCUT2D eigenvalue weighted by Crippen LogP contribution is 2.29. The van der Waals surface area contributed by atoms with Crippen LogP contribution in [0.15, 0.2) is 0 Å². The second-order valence-corrected chi connectivity index (χ2v) is 8.55. The number of nitrogens with zero attached hydrogens (tertiary/aromatic N) is 1. The van der Waals surface area contributed by atoms with Gasteiger partial charge in [0.2, 0.25) is 5.91 Å². The number of hydrogen-bond donors (Lipinski definition) is 0. The lowest BCUT2D eigenvalue weighted by molar-refractivity contribution is -0.134. The van der Waals surface area contributed by atoms with Crippen LogP contribution in [-0.2, 0) is 19.4 Å². The highest BCUT2D eigenvalue weighted by molar-refractivity contribution is 7.91. The first kappa shape index (κ1) is 16.7. The van der Waals surface area contributed by atoms with Gasteiger partial charge in [0, 0.05) is 26.1 Å². The third kappa shape index (κ3) is 4.95. The summed E-state index contributed by atoms with van der Waals surface area (Å²) in [5.41, 5.74) is 0. The maximum atomic E-state index is 12.5. The molecule has 1 heterocycles. The van der Waals surface area contributed by atoms with E-state index < -0.39 is 9.84 Å². The van der Waals surface area contributed by atoms with Gasteiger partial charge < -0.3 is 9.64 Å². The molecule has 2 rings (SSSR count). The van der Waals surface area contributed by atoms with Crippen LogP contribution < -0.4 is 0 Å². The average Bonchev–Trinajstić information content (AvgIpc) is 3.06. The minimum atomic E-state index is -2.96. The third-order valence-electron chi connectivity index (χ3n) is 4.75. The van der Waals surface area contributed by atoms with E-state index in [1.807, 2.05) is 0 Å². The van der Waals surface area contributed by atoms with E-state index in [2.05, 4.69) is 0 Å². The maximum Gasteiger partial charge on any atom is 0.222 e. The van der Waals surface area contributed by atoms with E-state index in [1.165, 1.54) is 25.7 Å². The summed E-state index contributed by atoms with van der Waals surface area (Å²) >= 11 is 0. The molecule has 1 aliphatic heterocycles. The molecule has 1 unspecified atom stereocenters. The minimum absolute atomic E-state index is 0.0982. The smallest absolute Gasteiger partial charge is 0.222 e. The largest absolute Gasteiger partial charge is 0.383 e. The summed E-state index contributed by atoms with van der Waals surface area (Å²) in [4.78, 5) is 14.2. The summed E-state index contributed by atoms with van der Waals surface area (Å²) in [6.45, 7) is 0.964. The molecule has 0 bridgehead atoms. The van der Waals surface area contributed by atoms with Gasteiger partial charge in [0.1, 0.15) is 0 Å². The first-order valence-corrected chi connectivity index (χ1v) is 9.83. The normalized spacial score (nSPS) is 25.3. The Bertz CT molecular complexity index is 443. The topological polar surface area (TPSA) is 63.7 Å². The highest BCUT2D eigenvalue weighted by Gasteiger charge is 2.34. The Kier molecular flexibility index (Phi) is 6.05. The Morgan fingerprint density at radius 1 is 1.24 bits per heavy atom. The molecule has 1 saturated heterocycles. The fourth-order valence-electron chi connectivity index (χ4n) is 3.49. The van der Waals surface area contributed by atoms with Crippen LogP contribution in [-0.4, -0.2) is 57.0 Å². The Labute approximate surface area is 127 Å². The van der Waals surface area contributed by atoms with Gasteiger partial charge >= 0.3 is 0 Å². The third-order valence-corrected chi connectivity index (χ3v) is 6.50. The highest BCUT2D eigenvalue weighted by atomic mass is 32.2. The fraction of sp³-hybridized carbons (Fsp3) is 0.933. The van der Waals surface area contributed by atoms with Gasteiger partial charge in [-0.1, -0.05) is 25.7 Å². The van der Waals surface area contributed by atoms with Gasteiger partial charge in [-0.25, -0.2) is 8.42 Å². The van der Waals surface area contributed by atoms with Crippen molar-refractivity contribution in [3.8, 4) is 0 Å². The molecule has 21 heavy (non-hydrogen) atoms. The summed E-state index contributed by atoms with van der Waals surface area (Å²) in [6, 6.07) is -0.152. The van der Waals surface area contributed by atoms with E-state index >= 15 is 0 Å². The number of carbonyl (C=O) groups is 1. The predicted octanol–water partition coefficient (Wildman–Crippen LogP) is 1.62. The quantitative estimate of drug-likeness (QED) is 0.716. The lowest BCUT2D eigenvalue weighted by atomic mass is 10.0. The molecule has 0 spiro atoms. The number of carbonyl (C=O) groups excluding carboxylic acids is 1. The Morgan fingerprint density at radius 2 is 1.95 bits per heavy atom. The van der Waals surface area contributed by atoms with E-state index in [-0.39, 0.29) is 23.5 Å². The minimum Gasteiger partial charge on any atom is -0.383 e. The van der Waals surface area contributed by atoms with E-state index in [1.54, 1.807) is 12.0 Å². The van der Waals surface area contributed by atoms with Crippen molar-refractivity contribution in [3.63, 3.8) is 0 Å². The molecule has 1 atom stereocenters. The second kappa shape index (κ2) is 7.58. The van der Waals surface area contributed by atoms with Crippen LogP contribution >= 0.6 is 0 Å². The van der Waals surface area contributed by atoms with Crippen molar-refractivity contribution in [3.05, 3.63) is 0 Å². The first-order valence-electron chi connectivity index (χ1n) is 8.00. The monoisotopic (exact) mass is 317 g/mol. The second-order valence-electron chi connectivity index (χ2n) is 6.33. The Balaban J connectivity index is 1.89. The van der Waals surface area contributed by atoms with Crippen LogP contribution in [0.2, 0.25) is 0 Å². The molecule has 1 saturated carbocycles. The SMILES string of the molecule is COCCN(C(=O)CCC1CCCC1)C1CCS(=O)(=O)C1. The molecule has 2 fully saturated rings. The zero-order chi connectivity index (χ0) is 15.3. The van der Waals surface area contributed by atoms with E-state index in [0.717, 1.165) is 6.42 Å². The Morgan fingerprint density at radius 3 is 2.52 bits per heavy atom. The van der Waals surface area contributed by atoms with Gasteiger partial charge in [0.25, 0.3) is 0 Å². The molecule has 1 aliphatic carbocycles. The van der Waals surface area contributed by atoms with Crippen LogP contribution in [0.1, 0.15) is 44.9 Å². The number of sulfone groups is 1. The van der Waals surface area contributed by atoms with Crippen LogP contribution in [0, 0.1) is 5.92 Å². The van der Waals surface area contributed by atoms with Crippen molar-refractivity contribution in [2.75, 3.05) is 31.8 Å². The molecule has 6 heteroatoms. The molecule has 0 aromatic carbocycles. The lowest BCUT2D eigenvalue weighted by Crippen LogP contribution is -2.43. The van der Waals surface area contributed by atoms with Crippen LogP contribution in [0.25, 0.3) is 0 Å². The van der Waals surface area contributed by atoms with Crippen molar-refractivity contribution in [1.29, 1.82) is 0 Å². The number of rotatable bonds is 7. The van der Waals surface area contributed by atoms with Crippen LogP contribution in [0.5, 0.6) is 0 Å². The predicted molar refractivity (Wildman–Crippen MR) is 81.8 cm³/mol. The molecule has 2 aliphatic rings. The molecule has 0 aromatic rings. The molecule has 122 valence electrons. The number of methoxy groups -OCH3 is 1. The van der Waals surface area contributed by atoms with E-state index in [4.69, 9.17) is 4.74 Å². The van der Waals surface area contributed by atoms with Crippen molar-refractivity contribution < 1.29 is 17.9 Å². The average molecular weight is 317 g/mol. The molecular weight excluding hydrogens is 290 g/mol. The van der Waals surface area contributed by atoms with Crippen molar-refractivity contribution in [2.45, 2.75) is 51.0 Å². The summed E-state index contributed by atoms with van der Waals surface area (Å²) in [5, 5.41) is 0. The molecule has 0 aromatic heterocycles. The standard InChI is InChI=1S/C15H27NO4S/c1-20-10-9-16(14-8-11-21(18,19)12-14)15(17)7-6-13-4-2-3-5-13/h13-14H,2-12H2,1H3. The van der Waals surface area contributed by atoms with Gasteiger partial charge in [0.15, 0.2) is 9.84 Å². The van der Waals surface area contributed by atoms with Gasteiger partial charge in [0.05, 0.1) is 18.1 Å². The molecule has 5 nitrogen and oxygen atoms in total. The summed E-state index contributed by atoms with van der Waals surface area (Å²) in [7, 11) is -1.36. The number of ether oxygens (including phenoxy) is 1. The number of amides is 1. The van der Waals surface area contributed by atoms with Gasteiger partial charge in [-0.2, -0.15) is 0 Å². The van der Waals surface area contributed by atoms with Gasteiger partial charge in [-0.3, -0.25) is 4.79 Å². The first-order chi connectivity index (χ1) is 10.0. The van der Waals surface area contributed by atoms with Gasteiger partial charge in [-0.15, -0.1) is 0 Å². The van der Waals surface area contributed by atoms with Crippen molar-refractivity contribution >= 4 is 15.7 Å². The number of hydrogen-bond acceptors (Lipinski definition) is 4. The lowest BCUT2D eigenvalue weighted by Gasteiger charge is -2.28.